The number of ketones is 1. The molecule has 4 rings (SSSR count). The van der Waals surface area contributed by atoms with Crippen LogP contribution in [0.5, 0.6) is 5.75 Å². The lowest BCUT2D eigenvalue weighted by atomic mass is 10.1. The van der Waals surface area contributed by atoms with Gasteiger partial charge in [-0.05, 0) is 49.4 Å². The first kappa shape index (κ1) is 20.6. The summed E-state index contributed by atoms with van der Waals surface area (Å²) in [6, 6.07) is 12.7. The monoisotopic (exact) mass is 433 g/mol. The van der Waals surface area contributed by atoms with Crippen molar-refractivity contribution in [2.45, 2.75) is 13.3 Å². The zero-order valence-electron chi connectivity index (χ0n) is 17.0. The van der Waals surface area contributed by atoms with Crippen molar-refractivity contribution in [3.8, 4) is 17.0 Å². The van der Waals surface area contributed by atoms with Crippen molar-refractivity contribution in [2.24, 2.45) is 0 Å². The van der Waals surface area contributed by atoms with Gasteiger partial charge >= 0.3 is 0 Å². The Kier molecular flexibility index (Phi) is 5.68. The number of ether oxygens (including phenoxy) is 1. The molecule has 0 unspecified atom stereocenters. The van der Waals surface area contributed by atoms with E-state index in [9.17, 15) is 4.79 Å². The number of rotatable bonds is 7. The number of nitrogens with zero attached hydrogens (tertiary/aromatic N) is 3. The molecule has 0 saturated heterocycles. The number of Topliss-reactive ketones (excluding diaryl/α,β-unsaturated/α-hetero) is 1. The Hall–Kier alpha value is -3.71. The van der Waals surface area contributed by atoms with E-state index in [2.05, 4.69) is 15.3 Å². The molecule has 2 aromatic carbocycles. The molecule has 0 fully saturated rings. The van der Waals surface area contributed by atoms with Crippen molar-refractivity contribution in [1.82, 2.24) is 14.4 Å². The third kappa shape index (κ3) is 4.27. The molecule has 0 bridgehead atoms. The standard InChI is InChI=1S/C23H20ClN5O2/c1-14(25)11-20(30)15-3-6-17(7-4-15)28-22-23-27-13-19(29(23)10-9-26-22)16-5-8-21(31-2)18(24)12-16/h3-10,12-13,25H,11H2,1-2H3,(H,26,28). The Morgan fingerprint density at radius 1 is 1.19 bits per heavy atom. The first-order chi connectivity index (χ1) is 15.0. The summed E-state index contributed by atoms with van der Waals surface area (Å²) in [5.74, 6) is 1.12. The minimum Gasteiger partial charge on any atom is -0.495 e. The van der Waals surface area contributed by atoms with Gasteiger partial charge < -0.3 is 15.5 Å². The molecule has 2 heterocycles. The van der Waals surface area contributed by atoms with Crippen LogP contribution >= 0.6 is 11.6 Å². The maximum absolute atomic E-state index is 12.1. The van der Waals surface area contributed by atoms with Crippen molar-refractivity contribution >= 4 is 40.2 Å². The van der Waals surface area contributed by atoms with Gasteiger partial charge in [0.1, 0.15) is 5.75 Å². The Morgan fingerprint density at radius 2 is 1.97 bits per heavy atom. The zero-order valence-corrected chi connectivity index (χ0v) is 17.8. The predicted molar refractivity (Wildman–Crippen MR) is 122 cm³/mol. The molecule has 156 valence electrons. The summed E-state index contributed by atoms with van der Waals surface area (Å²) >= 11 is 6.28. The number of methoxy groups -OCH3 is 1. The summed E-state index contributed by atoms with van der Waals surface area (Å²) in [4.78, 5) is 21.0. The molecule has 31 heavy (non-hydrogen) atoms. The molecule has 0 saturated carbocycles. The van der Waals surface area contributed by atoms with E-state index >= 15 is 0 Å². The van der Waals surface area contributed by atoms with Crippen LogP contribution in [0.2, 0.25) is 5.02 Å². The second kappa shape index (κ2) is 8.57. The van der Waals surface area contributed by atoms with E-state index in [0.717, 1.165) is 16.9 Å². The Morgan fingerprint density at radius 3 is 2.65 bits per heavy atom. The number of fused-ring (bicyclic) bond motifs is 1. The van der Waals surface area contributed by atoms with E-state index in [1.165, 1.54) is 0 Å². The summed E-state index contributed by atoms with van der Waals surface area (Å²) in [5, 5.41) is 11.3. The molecule has 0 atom stereocenters. The van der Waals surface area contributed by atoms with Gasteiger partial charge in [0, 0.05) is 41.3 Å². The third-order valence-electron chi connectivity index (χ3n) is 4.77. The van der Waals surface area contributed by atoms with Crippen molar-refractivity contribution in [1.29, 1.82) is 5.41 Å². The summed E-state index contributed by atoms with van der Waals surface area (Å²) in [5.41, 5.74) is 4.12. The first-order valence-corrected chi connectivity index (χ1v) is 9.94. The van der Waals surface area contributed by atoms with Crippen LogP contribution in [0.15, 0.2) is 61.1 Å². The Bertz CT molecular complexity index is 1280. The fraction of sp³-hybridized carbons (Fsp3) is 0.130. The number of hydrogen-bond acceptors (Lipinski definition) is 6. The molecular formula is C23H20ClN5O2. The number of aromatic nitrogens is 3. The van der Waals surface area contributed by atoms with Gasteiger partial charge in [-0.1, -0.05) is 11.6 Å². The Labute approximate surface area is 184 Å². The van der Waals surface area contributed by atoms with Crippen LogP contribution in [-0.4, -0.2) is 33.0 Å². The molecule has 0 aliphatic heterocycles. The topological polar surface area (TPSA) is 92.4 Å². The molecule has 0 spiro atoms. The molecule has 0 aliphatic carbocycles. The minimum atomic E-state index is -0.0738. The van der Waals surface area contributed by atoms with Gasteiger partial charge in [-0.3, -0.25) is 9.20 Å². The third-order valence-corrected chi connectivity index (χ3v) is 5.07. The number of halogens is 1. The number of hydrogen-bond donors (Lipinski definition) is 2. The number of nitrogens with one attached hydrogen (secondary N) is 2. The lowest BCUT2D eigenvalue weighted by molar-refractivity contribution is 0.100. The van der Waals surface area contributed by atoms with Crippen LogP contribution in [0.3, 0.4) is 0 Å². The maximum atomic E-state index is 12.1. The number of carbonyl (C=O) groups excluding carboxylic acids is 1. The van der Waals surface area contributed by atoms with Crippen molar-refractivity contribution < 1.29 is 9.53 Å². The number of anilines is 2. The molecule has 2 N–H and O–H groups in total. The fourth-order valence-corrected chi connectivity index (χ4v) is 3.52. The highest BCUT2D eigenvalue weighted by molar-refractivity contribution is 6.32. The normalized spacial score (nSPS) is 10.8. The van der Waals surface area contributed by atoms with Gasteiger partial charge in [-0.2, -0.15) is 0 Å². The van der Waals surface area contributed by atoms with Crippen LogP contribution < -0.4 is 10.1 Å². The highest BCUT2D eigenvalue weighted by atomic mass is 35.5. The highest BCUT2D eigenvalue weighted by Gasteiger charge is 2.13. The zero-order chi connectivity index (χ0) is 22.0. The summed E-state index contributed by atoms with van der Waals surface area (Å²) < 4.78 is 7.16. The summed E-state index contributed by atoms with van der Waals surface area (Å²) in [6.07, 6.45) is 5.42. The van der Waals surface area contributed by atoms with Crippen molar-refractivity contribution in [3.63, 3.8) is 0 Å². The van der Waals surface area contributed by atoms with Gasteiger partial charge in [0.2, 0.25) is 0 Å². The van der Waals surface area contributed by atoms with Gasteiger partial charge in [0.25, 0.3) is 0 Å². The molecule has 8 heteroatoms. The van der Waals surface area contributed by atoms with Gasteiger partial charge in [-0.15, -0.1) is 0 Å². The number of carbonyl (C=O) groups is 1. The van der Waals surface area contributed by atoms with Crippen molar-refractivity contribution in [3.05, 3.63) is 71.6 Å². The van der Waals surface area contributed by atoms with Crippen molar-refractivity contribution in [2.75, 3.05) is 12.4 Å². The molecule has 7 nitrogen and oxygen atoms in total. The van der Waals surface area contributed by atoms with E-state index in [4.69, 9.17) is 21.7 Å². The van der Waals surface area contributed by atoms with Gasteiger partial charge in [0.15, 0.2) is 17.2 Å². The number of benzene rings is 2. The van der Waals surface area contributed by atoms with Crippen LogP contribution in [-0.2, 0) is 0 Å². The van der Waals surface area contributed by atoms with E-state index in [1.54, 1.807) is 38.6 Å². The molecule has 0 amide bonds. The molecule has 0 radical (unpaired) electrons. The summed E-state index contributed by atoms with van der Waals surface area (Å²) in [7, 11) is 1.58. The smallest absolute Gasteiger partial charge is 0.180 e. The molecular weight excluding hydrogens is 414 g/mol. The average molecular weight is 434 g/mol. The fourth-order valence-electron chi connectivity index (χ4n) is 3.27. The highest BCUT2D eigenvalue weighted by Crippen LogP contribution is 2.31. The van der Waals surface area contributed by atoms with Crippen LogP contribution in [0, 0.1) is 5.41 Å². The largest absolute Gasteiger partial charge is 0.495 e. The lowest BCUT2D eigenvalue weighted by Crippen LogP contribution is -2.04. The maximum Gasteiger partial charge on any atom is 0.180 e. The molecule has 0 aliphatic rings. The van der Waals surface area contributed by atoms with E-state index in [0.29, 0.717) is 33.5 Å². The molecule has 4 aromatic rings. The average Bonchev–Trinajstić information content (AvgIpc) is 3.19. The van der Waals surface area contributed by atoms with E-state index in [1.807, 2.05) is 40.9 Å². The van der Waals surface area contributed by atoms with Crippen LogP contribution in [0.4, 0.5) is 11.5 Å². The minimum absolute atomic E-state index is 0.0738. The second-order valence-corrected chi connectivity index (χ2v) is 7.45. The van der Waals surface area contributed by atoms with Crippen LogP contribution in [0.25, 0.3) is 16.9 Å². The summed E-state index contributed by atoms with van der Waals surface area (Å²) in [6.45, 7) is 1.62. The first-order valence-electron chi connectivity index (χ1n) is 9.56. The SMILES string of the molecule is COc1ccc(-c2cnc3c(Nc4ccc(C(=O)CC(C)=N)cc4)nccn23)cc1Cl. The quantitative estimate of drug-likeness (QED) is 0.300. The van der Waals surface area contributed by atoms with E-state index < -0.39 is 0 Å². The van der Waals surface area contributed by atoms with Gasteiger partial charge in [0.05, 0.1) is 24.0 Å². The lowest BCUT2D eigenvalue weighted by Gasteiger charge is -2.09. The number of imidazole rings is 1. The Balaban J connectivity index is 1.62. The second-order valence-electron chi connectivity index (χ2n) is 7.04. The molecule has 2 aromatic heterocycles. The van der Waals surface area contributed by atoms with Crippen LogP contribution in [0.1, 0.15) is 23.7 Å². The predicted octanol–water partition coefficient (Wildman–Crippen LogP) is 5.41. The van der Waals surface area contributed by atoms with Gasteiger partial charge in [-0.25, -0.2) is 9.97 Å². The van der Waals surface area contributed by atoms with E-state index in [-0.39, 0.29) is 12.2 Å².